The Morgan fingerprint density at radius 3 is 2.58 bits per heavy atom. The number of nitriles is 1. The summed E-state index contributed by atoms with van der Waals surface area (Å²) in [6.07, 6.45) is 2.29. The molecule has 0 aromatic heterocycles. The van der Waals surface area contributed by atoms with Gasteiger partial charge < -0.3 is 9.80 Å². The van der Waals surface area contributed by atoms with Crippen LogP contribution in [0.5, 0.6) is 0 Å². The molecule has 0 N–H and O–H groups in total. The zero-order valence-corrected chi connectivity index (χ0v) is 14.5. The molecule has 1 saturated heterocycles. The van der Waals surface area contributed by atoms with Crippen molar-refractivity contribution >= 4 is 23.5 Å². The van der Waals surface area contributed by atoms with E-state index in [1.54, 1.807) is 11.8 Å². The third-order valence-electron chi connectivity index (χ3n) is 4.66. The maximum atomic E-state index is 9.32. The molecule has 0 atom stereocenters. The van der Waals surface area contributed by atoms with E-state index in [1.807, 2.05) is 12.1 Å². The minimum absolute atomic E-state index is 0.723. The van der Waals surface area contributed by atoms with Crippen molar-refractivity contribution in [2.75, 3.05) is 33.2 Å². The van der Waals surface area contributed by atoms with E-state index in [0.717, 1.165) is 31.7 Å². The van der Waals surface area contributed by atoms with Crippen molar-refractivity contribution in [3.8, 4) is 6.07 Å². The van der Waals surface area contributed by atoms with E-state index < -0.39 is 0 Å². The molecule has 2 aliphatic rings. The molecule has 2 aliphatic heterocycles. The second kappa shape index (κ2) is 6.35. The first-order valence-corrected chi connectivity index (χ1v) is 9.03. The van der Waals surface area contributed by atoms with Gasteiger partial charge in [-0.15, -0.1) is 0 Å². The van der Waals surface area contributed by atoms with Gasteiger partial charge in [0.25, 0.3) is 0 Å². The Labute approximate surface area is 147 Å². The maximum absolute atomic E-state index is 9.32. The summed E-state index contributed by atoms with van der Waals surface area (Å²) in [5.74, 6) is 0. The van der Waals surface area contributed by atoms with Gasteiger partial charge in [-0.05, 0) is 43.0 Å². The Hall–Kier alpha value is -2.22. The molecule has 3 nitrogen and oxygen atoms in total. The highest BCUT2D eigenvalue weighted by molar-refractivity contribution is 7.99. The molecule has 4 heteroatoms. The van der Waals surface area contributed by atoms with Gasteiger partial charge in [-0.1, -0.05) is 30.0 Å². The highest BCUT2D eigenvalue weighted by atomic mass is 32.2. The first-order valence-electron chi connectivity index (χ1n) is 8.21. The van der Waals surface area contributed by atoms with E-state index in [1.165, 1.54) is 26.6 Å². The number of rotatable bonds is 1. The third-order valence-corrected chi connectivity index (χ3v) is 5.83. The minimum atomic E-state index is 0.723. The molecule has 4 rings (SSSR count). The summed E-state index contributed by atoms with van der Waals surface area (Å²) in [6.45, 7) is 4.18. The molecular formula is C20H19N3S. The van der Waals surface area contributed by atoms with Crippen LogP contribution in [0.15, 0.2) is 52.3 Å². The predicted octanol–water partition coefficient (Wildman–Crippen LogP) is 3.77. The van der Waals surface area contributed by atoms with Gasteiger partial charge >= 0.3 is 0 Å². The molecule has 2 aromatic rings. The smallest absolute Gasteiger partial charge is 0.0991 e. The molecule has 120 valence electrons. The maximum Gasteiger partial charge on any atom is 0.0991 e. The first-order chi connectivity index (χ1) is 11.7. The number of benzene rings is 2. The van der Waals surface area contributed by atoms with Gasteiger partial charge in [0.15, 0.2) is 0 Å². The van der Waals surface area contributed by atoms with Crippen molar-refractivity contribution in [3.05, 3.63) is 59.2 Å². The van der Waals surface area contributed by atoms with E-state index >= 15 is 0 Å². The third kappa shape index (κ3) is 2.82. The summed E-state index contributed by atoms with van der Waals surface area (Å²) < 4.78 is 0. The van der Waals surface area contributed by atoms with Gasteiger partial charge in [0.1, 0.15) is 0 Å². The zero-order valence-electron chi connectivity index (χ0n) is 13.7. The van der Waals surface area contributed by atoms with Crippen LogP contribution in [-0.4, -0.2) is 43.0 Å². The lowest BCUT2D eigenvalue weighted by Gasteiger charge is -2.36. The SMILES string of the molecule is CN1CCN(C2=Cc3ccccc3Sc3ccc(C#N)cc32)CC1. The fraction of sp³-hybridized carbons (Fsp3) is 0.250. The van der Waals surface area contributed by atoms with Gasteiger partial charge in [-0.2, -0.15) is 5.26 Å². The summed E-state index contributed by atoms with van der Waals surface area (Å²) in [5.41, 5.74) is 4.40. The Balaban J connectivity index is 1.85. The van der Waals surface area contributed by atoms with Crippen LogP contribution >= 0.6 is 11.8 Å². The molecule has 2 heterocycles. The van der Waals surface area contributed by atoms with Crippen LogP contribution in [-0.2, 0) is 0 Å². The summed E-state index contributed by atoms with van der Waals surface area (Å²) in [6, 6.07) is 16.9. The molecule has 0 spiro atoms. The number of nitrogens with zero attached hydrogens (tertiary/aromatic N) is 3. The topological polar surface area (TPSA) is 30.3 Å². The van der Waals surface area contributed by atoms with E-state index in [2.05, 4.69) is 59.3 Å². The molecule has 1 fully saturated rings. The molecule has 0 radical (unpaired) electrons. The number of piperazine rings is 1. The van der Waals surface area contributed by atoms with Crippen LogP contribution in [0.25, 0.3) is 11.8 Å². The van der Waals surface area contributed by atoms with Crippen molar-refractivity contribution < 1.29 is 0 Å². The van der Waals surface area contributed by atoms with Crippen molar-refractivity contribution in [2.45, 2.75) is 9.79 Å². The van der Waals surface area contributed by atoms with Gasteiger partial charge in [-0.25, -0.2) is 0 Å². The van der Waals surface area contributed by atoms with E-state index in [9.17, 15) is 5.26 Å². The molecule has 2 aromatic carbocycles. The second-order valence-corrected chi connectivity index (χ2v) is 7.37. The number of likely N-dealkylation sites (N-methyl/N-ethyl adjacent to an activating group) is 1. The summed E-state index contributed by atoms with van der Waals surface area (Å²) in [7, 11) is 2.17. The van der Waals surface area contributed by atoms with E-state index in [4.69, 9.17) is 0 Å². The Morgan fingerprint density at radius 1 is 1.00 bits per heavy atom. The molecule has 0 aliphatic carbocycles. The highest BCUT2D eigenvalue weighted by Crippen LogP contribution is 2.41. The van der Waals surface area contributed by atoms with Gasteiger partial charge in [0, 0.05) is 47.2 Å². The van der Waals surface area contributed by atoms with Crippen LogP contribution < -0.4 is 0 Å². The predicted molar refractivity (Wildman–Crippen MR) is 98.7 cm³/mol. The second-order valence-electron chi connectivity index (χ2n) is 6.28. The lowest BCUT2D eigenvalue weighted by Crippen LogP contribution is -2.43. The average molecular weight is 333 g/mol. The molecule has 24 heavy (non-hydrogen) atoms. The van der Waals surface area contributed by atoms with Crippen LogP contribution in [0.1, 0.15) is 16.7 Å². The lowest BCUT2D eigenvalue weighted by molar-refractivity contribution is 0.207. The Kier molecular flexibility index (Phi) is 4.05. The quantitative estimate of drug-likeness (QED) is 0.795. The summed E-state index contributed by atoms with van der Waals surface area (Å²) in [5, 5.41) is 9.32. The lowest BCUT2D eigenvalue weighted by atomic mass is 10.0. The highest BCUT2D eigenvalue weighted by Gasteiger charge is 2.23. The number of hydrogen-bond acceptors (Lipinski definition) is 4. The summed E-state index contributed by atoms with van der Waals surface area (Å²) in [4.78, 5) is 7.32. The van der Waals surface area contributed by atoms with Crippen LogP contribution in [0.4, 0.5) is 0 Å². The van der Waals surface area contributed by atoms with Crippen molar-refractivity contribution in [1.29, 1.82) is 5.26 Å². The van der Waals surface area contributed by atoms with Crippen molar-refractivity contribution in [3.63, 3.8) is 0 Å². The van der Waals surface area contributed by atoms with Crippen LogP contribution in [0.3, 0.4) is 0 Å². The normalized spacial score (nSPS) is 17.3. The first kappa shape index (κ1) is 15.3. The largest absolute Gasteiger partial charge is 0.368 e. The van der Waals surface area contributed by atoms with E-state index in [-0.39, 0.29) is 0 Å². The number of fused-ring (bicyclic) bond motifs is 2. The van der Waals surface area contributed by atoms with E-state index in [0.29, 0.717) is 0 Å². The van der Waals surface area contributed by atoms with Crippen molar-refractivity contribution in [1.82, 2.24) is 9.80 Å². The Bertz CT molecular complexity index is 842. The monoisotopic (exact) mass is 333 g/mol. The van der Waals surface area contributed by atoms with Crippen LogP contribution in [0.2, 0.25) is 0 Å². The molecular weight excluding hydrogens is 314 g/mol. The fourth-order valence-electron chi connectivity index (χ4n) is 3.23. The van der Waals surface area contributed by atoms with Gasteiger partial charge in [-0.3, -0.25) is 0 Å². The average Bonchev–Trinajstić information content (AvgIpc) is 2.78. The standard InChI is InChI=1S/C20H19N3S/c1-22-8-10-23(11-9-22)18-13-16-4-2-3-5-19(16)24-20-7-6-15(14-21)12-17(18)20/h2-7,12-13H,8-11H2,1H3. The molecule has 0 bridgehead atoms. The molecule has 0 amide bonds. The molecule has 0 saturated carbocycles. The zero-order chi connectivity index (χ0) is 16.5. The Morgan fingerprint density at radius 2 is 1.79 bits per heavy atom. The van der Waals surface area contributed by atoms with Crippen LogP contribution in [0, 0.1) is 11.3 Å². The van der Waals surface area contributed by atoms with Crippen molar-refractivity contribution in [2.24, 2.45) is 0 Å². The van der Waals surface area contributed by atoms with Gasteiger partial charge in [0.2, 0.25) is 0 Å². The molecule has 0 unspecified atom stereocenters. The summed E-state index contributed by atoms with van der Waals surface area (Å²) >= 11 is 1.79. The van der Waals surface area contributed by atoms with Gasteiger partial charge in [0.05, 0.1) is 11.6 Å². The fourth-order valence-corrected chi connectivity index (χ4v) is 4.27. The number of hydrogen-bond donors (Lipinski definition) is 0. The minimum Gasteiger partial charge on any atom is -0.368 e.